The molecule has 0 aliphatic rings. The normalized spacial score (nSPS) is 12.6. The molecule has 3 nitrogen and oxygen atoms in total. The van der Waals surface area contributed by atoms with Crippen LogP contribution in [0, 0.1) is 0 Å². The second kappa shape index (κ2) is 6.42. The van der Waals surface area contributed by atoms with Gasteiger partial charge in [-0.2, -0.15) is 0 Å². The van der Waals surface area contributed by atoms with Crippen molar-refractivity contribution < 1.29 is 18.7 Å². The van der Waals surface area contributed by atoms with Gasteiger partial charge in [0.2, 0.25) is 0 Å². The van der Waals surface area contributed by atoms with Crippen LogP contribution in [0.3, 0.4) is 0 Å². The lowest BCUT2D eigenvalue weighted by atomic mass is 10.2. The Labute approximate surface area is 113 Å². The molecule has 7 heteroatoms. The number of amides is 1. The summed E-state index contributed by atoms with van der Waals surface area (Å²) >= 11 is 6.37. The van der Waals surface area contributed by atoms with Crippen LogP contribution in [0.4, 0.5) is 8.78 Å². The molecular weight excluding hydrogens is 364 g/mol. The molecule has 0 saturated heterocycles. The first kappa shape index (κ1) is 14.5. The van der Waals surface area contributed by atoms with Crippen molar-refractivity contribution in [1.82, 2.24) is 5.32 Å². The topological polar surface area (TPSA) is 49.3 Å². The summed E-state index contributed by atoms with van der Waals surface area (Å²) in [7, 11) is 0. The van der Waals surface area contributed by atoms with Crippen molar-refractivity contribution in [1.29, 1.82) is 0 Å². The highest BCUT2D eigenvalue weighted by molar-refractivity contribution is 9.11. The third kappa shape index (κ3) is 4.33. The molecule has 1 aromatic rings. The molecule has 0 radical (unpaired) electrons. The molecule has 1 aromatic carbocycles. The first-order valence-corrected chi connectivity index (χ1v) is 6.20. The maximum Gasteiger partial charge on any atom is 0.265 e. The fourth-order valence-corrected chi connectivity index (χ4v) is 1.84. The van der Waals surface area contributed by atoms with E-state index < -0.39 is 25.0 Å². The number of hydrogen-bond acceptors (Lipinski definition) is 2. The summed E-state index contributed by atoms with van der Waals surface area (Å²) in [5.41, 5.74) is 0.306. The first-order valence-electron chi connectivity index (χ1n) is 4.61. The van der Waals surface area contributed by atoms with Crippen LogP contribution >= 0.6 is 31.9 Å². The van der Waals surface area contributed by atoms with Crippen molar-refractivity contribution in [3.05, 3.63) is 32.7 Å². The van der Waals surface area contributed by atoms with E-state index in [0.29, 0.717) is 14.5 Å². The molecule has 0 fully saturated rings. The number of aliphatic hydroxyl groups is 1. The highest BCUT2D eigenvalue weighted by atomic mass is 79.9. The summed E-state index contributed by atoms with van der Waals surface area (Å²) in [6, 6.07) is 4.94. The Morgan fingerprint density at radius 1 is 1.41 bits per heavy atom. The predicted molar refractivity (Wildman–Crippen MR) is 66.2 cm³/mol. The van der Waals surface area contributed by atoms with Crippen molar-refractivity contribution >= 4 is 37.8 Å². The Morgan fingerprint density at radius 2 is 2.06 bits per heavy atom. The van der Waals surface area contributed by atoms with Crippen LogP contribution < -0.4 is 5.32 Å². The molecule has 0 saturated carbocycles. The minimum atomic E-state index is -2.87. The second-order valence-electron chi connectivity index (χ2n) is 3.24. The molecule has 17 heavy (non-hydrogen) atoms. The molecule has 1 rings (SSSR count). The van der Waals surface area contributed by atoms with E-state index in [9.17, 15) is 13.6 Å². The van der Waals surface area contributed by atoms with Crippen LogP contribution in [0.1, 0.15) is 10.4 Å². The molecule has 0 aromatic heterocycles. The summed E-state index contributed by atoms with van der Waals surface area (Å²) in [5, 5.41) is 11.1. The average molecular weight is 373 g/mol. The number of halogens is 4. The van der Waals surface area contributed by atoms with Gasteiger partial charge >= 0.3 is 0 Å². The van der Waals surface area contributed by atoms with Crippen molar-refractivity contribution in [3.8, 4) is 0 Å². The van der Waals surface area contributed by atoms with Gasteiger partial charge in [-0.3, -0.25) is 4.79 Å². The number of rotatable bonds is 4. The van der Waals surface area contributed by atoms with Crippen LogP contribution in [0.15, 0.2) is 27.1 Å². The summed E-state index contributed by atoms with van der Waals surface area (Å²) < 4.78 is 25.3. The van der Waals surface area contributed by atoms with E-state index in [1.807, 2.05) is 0 Å². The van der Waals surface area contributed by atoms with Gasteiger partial charge in [0, 0.05) is 15.5 Å². The van der Waals surface area contributed by atoms with Crippen LogP contribution in [-0.4, -0.2) is 30.1 Å². The monoisotopic (exact) mass is 371 g/mol. The first-order chi connectivity index (χ1) is 7.91. The number of nitrogens with one attached hydrogen (secondary N) is 1. The zero-order valence-electron chi connectivity index (χ0n) is 8.46. The summed E-state index contributed by atoms with van der Waals surface area (Å²) in [6.45, 7) is -0.491. The van der Waals surface area contributed by atoms with E-state index >= 15 is 0 Å². The molecule has 1 unspecified atom stereocenters. The quantitative estimate of drug-likeness (QED) is 0.853. The molecule has 1 amide bonds. The van der Waals surface area contributed by atoms with Crippen LogP contribution in [0.5, 0.6) is 0 Å². The van der Waals surface area contributed by atoms with Crippen molar-refractivity contribution in [3.63, 3.8) is 0 Å². The number of hydrogen-bond donors (Lipinski definition) is 2. The molecular formula is C10H9Br2F2NO2. The van der Waals surface area contributed by atoms with E-state index in [1.165, 1.54) is 0 Å². The largest absolute Gasteiger partial charge is 0.385 e. The standard InChI is InChI=1S/C10H9Br2F2NO2/c11-5-1-2-7(12)6(3-5)10(17)15-4-8(16)9(13)14/h1-3,8-9,16H,4H2,(H,15,17). The SMILES string of the molecule is O=C(NCC(O)C(F)F)c1cc(Br)ccc1Br. The maximum absolute atomic E-state index is 12.0. The van der Waals surface area contributed by atoms with Crippen LogP contribution in [-0.2, 0) is 0 Å². The Bertz CT molecular complexity index is 415. The van der Waals surface area contributed by atoms with Crippen molar-refractivity contribution in [2.24, 2.45) is 0 Å². The average Bonchev–Trinajstić information content (AvgIpc) is 2.28. The number of carbonyl (C=O) groups excluding carboxylic acids is 1. The number of benzene rings is 1. The van der Waals surface area contributed by atoms with Gasteiger partial charge in [0.1, 0.15) is 6.10 Å². The smallest absolute Gasteiger partial charge is 0.265 e. The van der Waals surface area contributed by atoms with Crippen molar-refractivity contribution in [2.45, 2.75) is 12.5 Å². The van der Waals surface area contributed by atoms with Gasteiger partial charge in [-0.25, -0.2) is 8.78 Å². The van der Waals surface area contributed by atoms with E-state index in [4.69, 9.17) is 5.11 Å². The highest BCUT2D eigenvalue weighted by Crippen LogP contribution is 2.21. The van der Waals surface area contributed by atoms with Gasteiger partial charge < -0.3 is 10.4 Å². The van der Waals surface area contributed by atoms with E-state index in [0.717, 1.165) is 0 Å². The number of alkyl halides is 2. The van der Waals surface area contributed by atoms with Gasteiger partial charge in [0.15, 0.2) is 0 Å². The fraction of sp³-hybridized carbons (Fsp3) is 0.300. The molecule has 0 heterocycles. The van der Waals surface area contributed by atoms with E-state index in [1.54, 1.807) is 18.2 Å². The zero-order chi connectivity index (χ0) is 13.0. The second-order valence-corrected chi connectivity index (χ2v) is 5.01. The molecule has 0 aliphatic carbocycles. The lowest BCUT2D eigenvalue weighted by Gasteiger charge is -2.11. The van der Waals surface area contributed by atoms with Gasteiger partial charge in [0.25, 0.3) is 12.3 Å². The number of carbonyl (C=O) groups is 1. The zero-order valence-corrected chi connectivity index (χ0v) is 11.6. The van der Waals surface area contributed by atoms with E-state index in [-0.39, 0.29) is 0 Å². The molecule has 2 N–H and O–H groups in total. The molecule has 94 valence electrons. The Morgan fingerprint density at radius 3 is 2.65 bits per heavy atom. The number of aliphatic hydroxyl groups excluding tert-OH is 1. The fourth-order valence-electron chi connectivity index (χ4n) is 1.05. The summed E-state index contributed by atoms with van der Waals surface area (Å²) in [4.78, 5) is 11.6. The predicted octanol–water partition coefficient (Wildman–Crippen LogP) is 2.57. The lowest BCUT2D eigenvalue weighted by molar-refractivity contribution is -0.00270. The molecule has 0 aliphatic heterocycles. The Kier molecular flexibility index (Phi) is 5.48. The van der Waals surface area contributed by atoms with Gasteiger partial charge in [-0.1, -0.05) is 15.9 Å². The summed E-state index contributed by atoms with van der Waals surface area (Å²) in [5.74, 6) is -0.530. The van der Waals surface area contributed by atoms with Gasteiger partial charge in [-0.05, 0) is 34.1 Å². The third-order valence-corrected chi connectivity index (χ3v) is 3.12. The molecule has 0 spiro atoms. The molecule has 0 bridgehead atoms. The summed E-state index contributed by atoms with van der Waals surface area (Å²) in [6.07, 6.45) is -4.73. The van der Waals surface area contributed by atoms with Gasteiger partial charge in [0.05, 0.1) is 5.56 Å². The van der Waals surface area contributed by atoms with Crippen LogP contribution in [0.2, 0.25) is 0 Å². The van der Waals surface area contributed by atoms with E-state index in [2.05, 4.69) is 37.2 Å². The van der Waals surface area contributed by atoms with Crippen LogP contribution in [0.25, 0.3) is 0 Å². The third-order valence-electron chi connectivity index (χ3n) is 1.94. The Balaban J connectivity index is 2.67. The lowest BCUT2D eigenvalue weighted by Crippen LogP contribution is -2.35. The minimum absolute atomic E-state index is 0.306. The van der Waals surface area contributed by atoms with Gasteiger partial charge in [-0.15, -0.1) is 0 Å². The molecule has 1 atom stereocenters. The minimum Gasteiger partial charge on any atom is -0.385 e. The Hall–Kier alpha value is -0.530. The highest BCUT2D eigenvalue weighted by Gasteiger charge is 2.18. The maximum atomic E-state index is 12.0. The van der Waals surface area contributed by atoms with Crippen molar-refractivity contribution in [2.75, 3.05) is 6.54 Å².